The minimum absolute atomic E-state index is 0.168. The Bertz CT molecular complexity index is 994. The number of carbonyl (C=O) groups is 1. The van der Waals surface area contributed by atoms with Crippen molar-refractivity contribution in [2.45, 2.75) is 52.6 Å². The van der Waals surface area contributed by atoms with Gasteiger partial charge >= 0.3 is 5.97 Å². The lowest BCUT2D eigenvalue weighted by atomic mass is 10.1. The summed E-state index contributed by atoms with van der Waals surface area (Å²) in [6, 6.07) is 2.11. The van der Waals surface area contributed by atoms with E-state index in [1.807, 2.05) is 23.1 Å². The quantitative estimate of drug-likeness (QED) is 0.566. The van der Waals surface area contributed by atoms with Crippen LogP contribution in [0, 0.1) is 5.92 Å². The molecule has 3 aromatic heterocycles. The summed E-state index contributed by atoms with van der Waals surface area (Å²) in [5, 5.41) is 12.7. The van der Waals surface area contributed by atoms with Crippen molar-refractivity contribution in [2.75, 3.05) is 18.1 Å². The molecule has 1 aliphatic rings. The van der Waals surface area contributed by atoms with Gasteiger partial charge in [0, 0.05) is 19.3 Å². The second-order valence-electron chi connectivity index (χ2n) is 7.75. The van der Waals surface area contributed by atoms with Crippen LogP contribution in [0.3, 0.4) is 0 Å². The highest BCUT2D eigenvalue weighted by Gasteiger charge is 2.30. The van der Waals surface area contributed by atoms with Gasteiger partial charge in [0.1, 0.15) is 11.4 Å². The van der Waals surface area contributed by atoms with Gasteiger partial charge in [-0.3, -0.25) is 0 Å². The number of rotatable bonds is 7. The normalized spacial score (nSPS) is 16.8. The van der Waals surface area contributed by atoms with E-state index in [1.54, 1.807) is 11.4 Å². The van der Waals surface area contributed by atoms with Crippen LogP contribution >= 0.6 is 0 Å². The maximum Gasteiger partial charge on any atom is 0.343 e. The number of ether oxygens (including phenoxy) is 1. The third kappa shape index (κ3) is 3.81. The van der Waals surface area contributed by atoms with Crippen molar-refractivity contribution in [2.24, 2.45) is 5.92 Å². The van der Waals surface area contributed by atoms with E-state index in [2.05, 4.69) is 34.2 Å². The van der Waals surface area contributed by atoms with Crippen LogP contribution in [0.5, 0.6) is 0 Å². The van der Waals surface area contributed by atoms with E-state index in [9.17, 15) is 4.79 Å². The van der Waals surface area contributed by atoms with Crippen molar-refractivity contribution in [3.8, 4) is 0 Å². The molecule has 0 unspecified atom stereocenters. The van der Waals surface area contributed by atoms with E-state index in [0.29, 0.717) is 23.7 Å². The number of aromatic nitrogens is 6. The maximum absolute atomic E-state index is 12.2. The Balaban J connectivity index is 1.64. The van der Waals surface area contributed by atoms with Gasteiger partial charge in [0.15, 0.2) is 5.65 Å². The lowest BCUT2D eigenvalue weighted by Gasteiger charge is -2.26. The van der Waals surface area contributed by atoms with Gasteiger partial charge in [-0.15, -0.1) is 5.10 Å². The number of carbonyl (C=O) groups excluding carboxylic acids is 1. The van der Waals surface area contributed by atoms with Crippen LogP contribution in [0.15, 0.2) is 24.7 Å². The van der Waals surface area contributed by atoms with Crippen LogP contribution in [0.2, 0.25) is 0 Å². The van der Waals surface area contributed by atoms with Gasteiger partial charge in [0.25, 0.3) is 0 Å². The van der Waals surface area contributed by atoms with E-state index < -0.39 is 5.97 Å². The molecule has 0 radical (unpaired) electrons. The molecule has 0 amide bonds. The first kappa shape index (κ1) is 19.4. The summed E-state index contributed by atoms with van der Waals surface area (Å²) in [7, 11) is 0. The summed E-state index contributed by atoms with van der Waals surface area (Å²) in [4.78, 5) is 19.3. The summed E-state index contributed by atoms with van der Waals surface area (Å²) in [5.41, 5.74) is 2.01. The van der Waals surface area contributed by atoms with Gasteiger partial charge in [-0.25, -0.2) is 19.0 Å². The molecule has 29 heavy (non-hydrogen) atoms. The Morgan fingerprint density at radius 1 is 1.34 bits per heavy atom. The van der Waals surface area contributed by atoms with Gasteiger partial charge in [-0.2, -0.15) is 5.10 Å². The summed E-state index contributed by atoms with van der Waals surface area (Å²) in [6.45, 7) is 8.28. The average Bonchev–Trinajstić information content (AvgIpc) is 3.43. The van der Waals surface area contributed by atoms with Crippen LogP contribution in [-0.2, 0) is 11.3 Å². The van der Waals surface area contributed by atoms with E-state index in [-0.39, 0.29) is 6.04 Å². The Hall–Kier alpha value is -2.97. The first-order valence-corrected chi connectivity index (χ1v) is 10.2. The third-order valence-corrected chi connectivity index (χ3v) is 5.30. The van der Waals surface area contributed by atoms with Gasteiger partial charge < -0.3 is 9.64 Å². The fraction of sp³-hybridized carbons (Fsp3) is 0.550. The Morgan fingerprint density at radius 3 is 3.00 bits per heavy atom. The molecular formula is C20H27N7O2. The fourth-order valence-electron chi connectivity index (χ4n) is 3.80. The van der Waals surface area contributed by atoms with Crippen LogP contribution < -0.4 is 4.90 Å². The standard InChI is InChI=1S/C20H27N7O2/c1-4-29-20(28)15-12-22-27-11-8-18(23-19(15)27)25-9-5-6-16(25)17-13-21-24-26(17)10-7-14(2)3/h8,11-14,16H,4-7,9-10H2,1-3H3/t16-/m1/s1. The highest BCUT2D eigenvalue weighted by atomic mass is 16.5. The molecule has 1 atom stereocenters. The second-order valence-corrected chi connectivity index (χ2v) is 7.75. The van der Waals surface area contributed by atoms with Gasteiger partial charge in [0.2, 0.25) is 0 Å². The molecule has 3 aromatic rings. The number of fused-ring (bicyclic) bond motifs is 1. The third-order valence-electron chi connectivity index (χ3n) is 5.30. The zero-order valence-electron chi connectivity index (χ0n) is 17.2. The van der Waals surface area contributed by atoms with Crippen molar-refractivity contribution < 1.29 is 9.53 Å². The molecule has 1 aliphatic heterocycles. The largest absolute Gasteiger partial charge is 0.462 e. The van der Waals surface area contributed by atoms with Gasteiger partial charge in [-0.05, 0) is 38.2 Å². The number of anilines is 1. The zero-order chi connectivity index (χ0) is 20.4. The van der Waals surface area contributed by atoms with Crippen LogP contribution in [0.25, 0.3) is 5.65 Å². The Labute approximate surface area is 169 Å². The molecular weight excluding hydrogens is 370 g/mol. The monoisotopic (exact) mass is 397 g/mol. The van der Waals surface area contributed by atoms with E-state index >= 15 is 0 Å². The van der Waals surface area contributed by atoms with Gasteiger partial charge in [-0.1, -0.05) is 19.1 Å². The van der Waals surface area contributed by atoms with E-state index in [4.69, 9.17) is 9.72 Å². The molecule has 0 aliphatic carbocycles. The summed E-state index contributed by atoms with van der Waals surface area (Å²) >= 11 is 0. The fourth-order valence-corrected chi connectivity index (χ4v) is 3.80. The number of aryl methyl sites for hydroxylation is 1. The molecule has 0 spiro atoms. The SMILES string of the molecule is CCOC(=O)c1cnn2ccc(N3CCC[C@@H]3c3cnnn3CCC(C)C)nc12. The zero-order valence-corrected chi connectivity index (χ0v) is 17.2. The van der Waals surface area contributed by atoms with Crippen molar-refractivity contribution in [1.82, 2.24) is 29.6 Å². The molecule has 0 bridgehead atoms. The first-order valence-electron chi connectivity index (χ1n) is 10.2. The van der Waals surface area contributed by atoms with Crippen molar-refractivity contribution in [3.05, 3.63) is 35.9 Å². The van der Waals surface area contributed by atoms with Crippen LogP contribution in [-0.4, -0.2) is 48.7 Å². The smallest absolute Gasteiger partial charge is 0.343 e. The summed E-state index contributed by atoms with van der Waals surface area (Å²) in [5.74, 6) is 1.03. The lowest BCUT2D eigenvalue weighted by molar-refractivity contribution is 0.0528. The number of hydrogen-bond donors (Lipinski definition) is 0. The molecule has 0 saturated carbocycles. The molecule has 4 rings (SSSR count). The molecule has 154 valence electrons. The maximum atomic E-state index is 12.2. The average molecular weight is 397 g/mol. The van der Waals surface area contributed by atoms with E-state index in [0.717, 1.165) is 43.9 Å². The molecule has 9 nitrogen and oxygen atoms in total. The number of hydrogen-bond acceptors (Lipinski definition) is 7. The van der Waals surface area contributed by atoms with E-state index in [1.165, 1.54) is 6.20 Å². The minimum atomic E-state index is -0.402. The molecule has 1 fully saturated rings. The highest BCUT2D eigenvalue weighted by molar-refractivity contribution is 5.95. The Morgan fingerprint density at radius 2 is 2.21 bits per heavy atom. The summed E-state index contributed by atoms with van der Waals surface area (Å²) in [6.07, 6.45) is 8.36. The summed E-state index contributed by atoms with van der Waals surface area (Å²) < 4.78 is 8.76. The van der Waals surface area contributed by atoms with Crippen LogP contribution in [0.1, 0.15) is 62.1 Å². The van der Waals surface area contributed by atoms with Crippen LogP contribution in [0.4, 0.5) is 5.82 Å². The topological polar surface area (TPSA) is 90.4 Å². The first-order chi connectivity index (χ1) is 14.1. The Kier molecular flexibility index (Phi) is 5.46. The molecule has 4 heterocycles. The molecule has 1 saturated heterocycles. The number of esters is 1. The van der Waals surface area contributed by atoms with Crippen molar-refractivity contribution in [3.63, 3.8) is 0 Å². The second kappa shape index (κ2) is 8.18. The predicted octanol–water partition coefficient (Wildman–Crippen LogP) is 2.89. The predicted molar refractivity (Wildman–Crippen MR) is 108 cm³/mol. The van der Waals surface area contributed by atoms with Crippen molar-refractivity contribution in [1.29, 1.82) is 0 Å². The molecule has 0 aromatic carbocycles. The minimum Gasteiger partial charge on any atom is -0.462 e. The van der Waals surface area contributed by atoms with Gasteiger partial charge in [0.05, 0.1) is 30.7 Å². The molecule has 9 heteroatoms. The van der Waals surface area contributed by atoms with Crippen molar-refractivity contribution >= 4 is 17.4 Å². The highest BCUT2D eigenvalue weighted by Crippen LogP contribution is 2.35. The molecule has 0 N–H and O–H groups in total. The number of nitrogens with zero attached hydrogens (tertiary/aromatic N) is 7. The lowest BCUT2D eigenvalue weighted by Crippen LogP contribution is -2.26.